The second kappa shape index (κ2) is 8.55. The predicted molar refractivity (Wildman–Crippen MR) is 99.8 cm³/mol. The zero-order valence-electron chi connectivity index (χ0n) is 14.8. The molecule has 23 heavy (non-hydrogen) atoms. The molecule has 0 atom stereocenters. The smallest absolute Gasteiger partial charge is 0.191 e. The second-order valence-electron chi connectivity index (χ2n) is 6.52. The van der Waals surface area contributed by atoms with Crippen LogP contribution < -0.4 is 15.5 Å². The van der Waals surface area contributed by atoms with E-state index in [1.165, 1.54) is 5.00 Å². The van der Waals surface area contributed by atoms with Crippen LogP contribution in [0, 0.1) is 0 Å². The topological polar surface area (TPSA) is 48.9 Å². The first-order valence-electron chi connectivity index (χ1n) is 8.42. The highest BCUT2D eigenvalue weighted by Gasteiger charge is 2.21. The highest BCUT2D eigenvalue weighted by Crippen LogP contribution is 2.24. The summed E-state index contributed by atoms with van der Waals surface area (Å²) in [6.07, 6.45) is 2.27. The molecule has 1 aliphatic heterocycles. The minimum absolute atomic E-state index is 0.231. The quantitative estimate of drug-likeness (QED) is 0.618. The Morgan fingerprint density at radius 1 is 1.43 bits per heavy atom. The van der Waals surface area contributed by atoms with Crippen molar-refractivity contribution in [1.82, 2.24) is 10.6 Å². The first-order valence-corrected chi connectivity index (χ1v) is 9.30. The molecule has 5 nitrogen and oxygen atoms in total. The number of piperidine rings is 1. The Hall–Kier alpha value is -1.27. The Labute approximate surface area is 144 Å². The maximum Gasteiger partial charge on any atom is 0.191 e. The Morgan fingerprint density at radius 2 is 2.17 bits per heavy atom. The van der Waals surface area contributed by atoms with Crippen molar-refractivity contribution in [2.75, 3.05) is 38.2 Å². The van der Waals surface area contributed by atoms with Gasteiger partial charge in [0.1, 0.15) is 0 Å². The fraction of sp³-hybridized carbons (Fsp3) is 0.706. The van der Waals surface area contributed by atoms with Gasteiger partial charge in [-0.05, 0) is 51.1 Å². The molecule has 0 spiro atoms. The molecule has 0 amide bonds. The molecular weight excluding hydrogens is 308 g/mol. The lowest BCUT2D eigenvalue weighted by atomic mass is 10.1. The molecule has 0 bridgehead atoms. The molecule has 2 heterocycles. The number of rotatable bonds is 6. The normalized spacial score (nSPS) is 17.4. The summed E-state index contributed by atoms with van der Waals surface area (Å²) in [5.41, 5.74) is -0.231. The molecule has 0 saturated carbocycles. The Balaban J connectivity index is 1.85. The van der Waals surface area contributed by atoms with Gasteiger partial charge in [0, 0.05) is 32.8 Å². The maximum absolute atomic E-state index is 5.44. The number of guanidine groups is 1. The van der Waals surface area contributed by atoms with Crippen LogP contribution in [0.3, 0.4) is 0 Å². The van der Waals surface area contributed by atoms with Crippen LogP contribution in [-0.2, 0) is 4.74 Å². The molecule has 2 rings (SSSR count). The third-order valence-corrected chi connectivity index (χ3v) is 5.10. The zero-order valence-corrected chi connectivity index (χ0v) is 15.6. The molecule has 1 aliphatic rings. The van der Waals surface area contributed by atoms with E-state index >= 15 is 0 Å². The van der Waals surface area contributed by atoms with Gasteiger partial charge in [-0.3, -0.25) is 4.99 Å². The largest absolute Gasteiger partial charge is 0.377 e. The van der Waals surface area contributed by atoms with Crippen LogP contribution in [0.25, 0.3) is 0 Å². The lowest BCUT2D eigenvalue weighted by molar-refractivity contribution is 0.0310. The maximum atomic E-state index is 5.44. The van der Waals surface area contributed by atoms with Crippen LogP contribution in [0.2, 0.25) is 0 Å². The third kappa shape index (κ3) is 5.70. The Bertz CT molecular complexity index is 479. The molecule has 0 aliphatic carbocycles. The van der Waals surface area contributed by atoms with Crippen LogP contribution in [-0.4, -0.2) is 50.9 Å². The summed E-state index contributed by atoms with van der Waals surface area (Å²) in [6, 6.07) is 4.81. The van der Waals surface area contributed by atoms with Gasteiger partial charge in [0.2, 0.25) is 0 Å². The third-order valence-electron chi connectivity index (χ3n) is 4.17. The number of hydrogen-bond donors (Lipinski definition) is 2. The van der Waals surface area contributed by atoms with Gasteiger partial charge in [-0.25, -0.2) is 0 Å². The van der Waals surface area contributed by atoms with Crippen LogP contribution in [0.15, 0.2) is 22.5 Å². The number of nitrogens with zero attached hydrogens (tertiary/aromatic N) is 2. The number of nitrogens with one attached hydrogen (secondary N) is 2. The monoisotopic (exact) mass is 338 g/mol. The molecule has 2 N–H and O–H groups in total. The molecular formula is C17H30N4OS. The number of thiophene rings is 1. The average molecular weight is 339 g/mol. The van der Waals surface area contributed by atoms with Crippen molar-refractivity contribution in [2.45, 2.75) is 45.3 Å². The molecule has 0 unspecified atom stereocenters. The lowest BCUT2D eigenvalue weighted by Gasteiger charge is -2.33. The number of anilines is 1. The minimum Gasteiger partial charge on any atom is -0.377 e. The van der Waals surface area contributed by atoms with Crippen LogP contribution in [0.1, 0.15) is 33.6 Å². The highest BCUT2D eigenvalue weighted by molar-refractivity contribution is 7.14. The minimum atomic E-state index is -0.231. The first-order chi connectivity index (χ1) is 11.0. The van der Waals surface area contributed by atoms with Gasteiger partial charge in [-0.15, -0.1) is 11.3 Å². The predicted octanol–water partition coefficient (Wildman–Crippen LogP) is 2.70. The first kappa shape index (κ1) is 18.1. The van der Waals surface area contributed by atoms with E-state index in [0.717, 1.165) is 38.4 Å². The lowest BCUT2D eigenvalue weighted by Crippen LogP contribution is -2.49. The summed E-state index contributed by atoms with van der Waals surface area (Å²) in [7, 11) is 1.73. The summed E-state index contributed by atoms with van der Waals surface area (Å²) >= 11 is 1.82. The summed E-state index contributed by atoms with van der Waals surface area (Å²) in [6.45, 7) is 9.92. The van der Waals surface area contributed by atoms with Crippen LogP contribution in [0.4, 0.5) is 5.00 Å². The molecule has 0 aromatic carbocycles. The van der Waals surface area contributed by atoms with Crippen molar-refractivity contribution in [3.8, 4) is 0 Å². The zero-order chi connectivity index (χ0) is 16.7. The molecule has 1 saturated heterocycles. The van der Waals surface area contributed by atoms with Gasteiger partial charge in [-0.1, -0.05) is 0 Å². The van der Waals surface area contributed by atoms with Gasteiger partial charge in [-0.2, -0.15) is 0 Å². The van der Waals surface area contributed by atoms with Crippen molar-refractivity contribution in [2.24, 2.45) is 4.99 Å². The summed E-state index contributed by atoms with van der Waals surface area (Å²) < 4.78 is 5.44. The Morgan fingerprint density at radius 3 is 2.74 bits per heavy atom. The van der Waals surface area contributed by atoms with Gasteiger partial charge in [0.05, 0.1) is 17.1 Å². The number of ether oxygens (including phenoxy) is 1. The second-order valence-corrected chi connectivity index (χ2v) is 7.44. The molecule has 1 fully saturated rings. The van der Waals surface area contributed by atoms with E-state index in [1.54, 1.807) is 7.11 Å². The van der Waals surface area contributed by atoms with Crippen molar-refractivity contribution in [3.05, 3.63) is 17.5 Å². The number of aliphatic imine (C=N–C) groups is 1. The van der Waals surface area contributed by atoms with Gasteiger partial charge >= 0.3 is 0 Å². The van der Waals surface area contributed by atoms with Crippen molar-refractivity contribution >= 4 is 22.3 Å². The van der Waals surface area contributed by atoms with Gasteiger partial charge in [0.25, 0.3) is 0 Å². The van der Waals surface area contributed by atoms with E-state index < -0.39 is 0 Å². The summed E-state index contributed by atoms with van der Waals surface area (Å²) in [4.78, 5) is 7.15. The Kier molecular flexibility index (Phi) is 6.72. The fourth-order valence-electron chi connectivity index (χ4n) is 2.54. The summed E-state index contributed by atoms with van der Waals surface area (Å²) in [5, 5.41) is 10.4. The van der Waals surface area contributed by atoms with E-state index in [9.17, 15) is 0 Å². The fourth-order valence-corrected chi connectivity index (χ4v) is 3.33. The number of hydrogen-bond acceptors (Lipinski definition) is 4. The summed E-state index contributed by atoms with van der Waals surface area (Å²) in [5.74, 6) is 0.896. The molecule has 130 valence electrons. The van der Waals surface area contributed by atoms with E-state index in [2.05, 4.69) is 58.8 Å². The molecule has 0 radical (unpaired) electrons. The molecule has 1 aromatic heterocycles. The van der Waals surface area contributed by atoms with E-state index in [1.807, 2.05) is 11.3 Å². The van der Waals surface area contributed by atoms with Gasteiger partial charge < -0.3 is 20.3 Å². The van der Waals surface area contributed by atoms with Gasteiger partial charge in [0.15, 0.2) is 5.96 Å². The van der Waals surface area contributed by atoms with Crippen LogP contribution >= 0.6 is 11.3 Å². The number of methoxy groups -OCH3 is 1. The van der Waals surface area contributed by atoms with E-state index in [-0.39, 0.29) is 5.60 Å². The average Bonchev–Trinajstić information content (AvgIpc) is 3.08. The molecule has 6 heteroatoms. The highest BCUT2D eigenvalue weighted by atomic mass is 32.1. The van der Waals surface area contributed by atoms with Crippen molar-refractivity contribution in [3.63, 3.8) is 0 Å². The molecule has 1 aromatic rings. The standard InChI is InChI=1S/C17H30N4OS/c1-5-18-16(19-13-17(2,3)22-4)20-14-8-10-21(11-9-14)15-7-6-12-23-15/h6-7,12,14H,5,8-11,13H2,1-4H3,(H2,18,19,20). The van der Waals surface area contributed by atoms with Crippen LogP contribution in [0.5, 0.6) is 0 Å². The van der Waals surface area contributed by atoms with Crippen molar-refractivity contribution in [1.29, 1.82) is 0 Å². The van der Waals surface area contributed by atoms with E-state index in [4.69, 9.17) is 4.74 Å². The van der Waals surface area contributed by atoms with Crippen molar-refractivity contribution < 1.29 is 4.74 Å². The SMILES string of the molecule is CCNC(=NCC(C)(C)OC)NC1CCN(c2cccs2)CC1. The van der Waals surface area contributed by atoms with E-state index in [0.29, 0.717) is 12.6 Å².